The van der Waals surface area contributed by atoms with E-state index >= 15 is 0 Å². The lowest BCUT2D eigenvalue weighted by atomic mass is 10.1. The monoisotopic (exact) mass is 346 g/mol. The molecule has 0 atom stereocenters. The van der Waals surface area contributed by atoms with Crippen LogP contribution in [0.1, 0.15) is 29.2 Å². The van der Waals surface area contributed by atoms with Crippen molar-refractivity contribution in [2.24, 2.45) is 0 Å². The number of aromatic nitrogens is 1. The molecule has 0 saturated carbocycles. The predicted octanol–water partition coefficient (Wildman–Crippen LogP) is 4.86. The molecule has 2 aromatic carbocycles. The molecule has 134 valence electrons. The molecule has 0 aliphatic carbocycles. The molecule has 0 unspecified atom stereocenters. The SMILES string of the molecule is CCc1ccc(CN(Cc2cccnc2)Cc2cccc(OC)c2)cc1. The van der Waals surface area contributed by atoms with Crippen molar-refractivity contribution in [3.63, 3.8) is 0 Å². The first-order chi connectivity index (χ1) is 12.8. The molecule has 1 aromatic heterocycles. The van der Waals surface area contributed by atoms with Crippen LogP contribution in [0.4, 0.5) is 0 Å². The second-order valence-electron chi connectivity index (χ2n) is 6.53. The van der Waals surface area contributed by atoms with E-state index in [-0.39, 0.29) is 0 Å². The van der Waals surface area contributed by atoms with Gasteiger partial charge in [-0.15, -0.1) is 0 Å². The fourth-order valence-corrected chi connectivity index (χ4v) is 3.09. The van der Waals surface area contributed by atoms with Gasteiger partial charge in [0.2, 0.25) is 0 Å². The molecule has 1 heterocycles. The summed E-state index contributed by atoms with van der Waals surface area (Å²) in [7, 11) is 1.71. The minimum atomic E-state index is 0.862. The summed E-state index contributed by atoms with van der Waals surface area (Å²) in [6, 6.07) is 21.3. The van der Waals surface area contributed by atoms with Gasteiger partial charge in [-0.3, -0.25) is 9.88 Å². The van der Waals surface area contributed by atoms with E-state index < -0.39 is 0 Å². The Morgan fingerprint density at radius 1 is 0.808 bits per heavy atom. The molecule has 26 heavy (non-hydrogen) atoms. The van der Waals surface area contributed by atoms with E-state index in [0.717, 1.165) is 31.8 Å². The number of ether oxygens (including phenoxy) is 1. The number of pyridine rings is 1. The van der Waals surface area contributed by atoms with E-state index in [1.165, 1.54) is 22.3 Å². The van der Waals surface area contributed by atoms with E-state index in [1.807, 2.05) is 30.6 Å². The van der Waals surface area contributed by atoms with Gasteiger partial charge in [-0.1, -0.05) is 49.4 Å². The van der Waals surface area contributed by atoms with Gasteiger partial charge in [-0.25, -0.2) is 0 Å². The molecular weight excluding hydrogens is 320 g/mol. The van der Waals surface area contributed by atoms with E-state index in [0.29, 0.717) is 0 Å². The first-order valence-electron chi connectivity index (χ1n) is 9.09. The van der Waals surface area contributed by atoms with Gasteiger partial charge in [0, 0.05) is 32.0 Å². The Hall–Kier alpha value is -2.65. The Morgan fingerprint density at radius 3 is 2.19 bits per heavy atom. The highest BCUT2D eigenvalue weighted by Gasteiger charge is 2.09. The second kappa shape index (κ2) is 9.16. The Balaban J connectivity index is 1.77. The average Bonchev–Trinajstić information content (AvgIpc) is 2.69. The number of hydrogen-bond acceptors (Lipinski definition) is 3. The molecule has 3 rings (SSSR count). The summed E-state index contributed by atoms with van der Waals surface area (Å²) in [4.78, 5) is 6.69. The van der Waals surface area contributed by atoms with Crippen LogP contribution in [0.2, 0.25) is 0 Å². The first-order valence-corrected chi connectivity index (χ1v) is 9.09. The summed E-state index contributed by atoms with van der Waals surface area (Å²) >= 11 is 0. The number of benzene rings is 2. The van der Waals surface area contributed by atoms with Crippen molar-refractivity contribution in [3.8, 4) is 5.75 Å². The Bertz CT molecular complexity index is 800. The van der Waals surface area contributed by atoms with Gasteiger partial charge in [-0.05, 0) is 46.9 Å². The molecule has 0 fully saturated rings. The molecule has 0 saturated heterocycles. The molecular formula is C23H26N2O. The Labute approximate surface area is 156 Å². The van der Waals surface area contributed by atoms with Crippen LogP contribution < -0.4 is 4.74 Å². The summed E-state index contributed by atoms with van der Waals surface area (Å²) in [5, 5.41) is 0. The predicted molar refractivity (Wildman–Crippen MR) is 106 cm³/mol. The van der Waals surface area contributed by atoms with Gasteiger partial charge in [0.25, 0.3) is 0 Å². The van der Waals surface area contributed by atoms with Crippen molar-refractivity contribution in [2.45, 2.75) is 33.0 Å². The maximum atomic E-state index is 5.37. The van der Waals surface area contributed by atoms with Crippen LogP contribution in [0.3, 0.4) is 0 Å². The molecule has 0 bridgehead atoms. The number of rotatable bonds is 8. The summed E-state index contributed by atoms with van der Waals surface area (Å²) < 4.78 is 5.37. The summed E-state index contributed by atoms with van der Waals surface area (Å²) in [6.07, 6.45) is 4.83. The zero-order chi connectivity index (χ0) is 18.2. The number of methoxy groups -OCH3 is 1. The van der Waals surface area contributed by atoms with Crippen LogP contribution in [0.25, 0.3) is 0 Å². The normalized spacial score (nSPS) is 10.9. The van der Waals surface area contributed by atoms with Gasteiger partial charge in [0.05, 0.1) is 7.11 Å². The topological polar surface area (TPSA) is 25.4 Å². The lowest BCUT2D eigenvalue weighted by Gasteiger charge is -2.23. The molecule has 3 nitrogen and oxygen atoms in total. The maximum absolute atomic E-state index is 5.37. The van der Waals surface area contributed by atoms with Gasteiger partial charge in [0.15, 0.2) is 0 Å². The van der Waals surface area contributed by atoms with Crippen molar-refractivity contribution >= 4 is 0 Å². The largest absolute Gasteiger partial charge is 0.497 e. The van der Waals surface area contributed by atoms with Crippen LogP contribution >= 0.6 is 0 Å². The number of hydrogen-bond donors (Lipinski definition) is 0. The van der Waals surface area contributed by atoms with Crippen LogP contribution in [-0.4, -0.2) is 17.0 Å². The highest BCUT2D eigenvalue weighted by molar-refractivity contribution is 5.29. The lowest BCUT2D eigenvalue weighted by molar-refractivity contribution is 0.247. The van der Waals surface area contributed by atoms with Gasteiger partial charge >= 0.3 is 0 Å². The number of nitrogens with zero attached hydrogens (tertiary/aromatic N) is 2. The molecule has 0 aliphatic rings. The molecule has 0 N–H and O–H groups in total. The third-order valence-electron chi connectivity index (χ3n) is 4.51. The van der Waals surface area contributed by atoms with E-state index in [9.17, 15) is 0 Å². The van der Waals surface area contributed by atoms with Crippen LogP contribution in [0.15, 0.2) is 73.1 Å². The first kappa shape index (κ1) is 18.2. The van der Waals surface area contributed by atoms with Crippen molar-refractivity contribution in [1.29, 1.82) is 0 Å². The molecule has 3 aromatic rings. The highest BCUT2D eigenvalue weighted by Crippen LogP contribution is 2.18. The molecule has 0 radical (unpaired) electrons. The fraction of sp³-hybridized carbons (Fsp3) is 0.261. The molecule has 0 aliphatic heterocycles. The van der Waals surface area contributed by atoms with E-state index in [4.69, 9.17) is 4.74 Å². The van der Waals surface area contributed by atoms with Crippen LogP contribution in [0, 0.1) is 0 Å². The maximum Gasteiger partial charge on any atom is 0.119 e. The highest BCUT2D eigenvalue weighted by atomic mass is 16.5. The smallest absolute Gasteiger partial charge is 0.119 e. The average molecular weight is 346 g/mol. The van der Waals surface area contributed by atoms with Crippen molar-refractivity contribution in [2.75, 3.05) is 7.11 Å². The fourth-order valence-electron chi connectivity index (χ4n) is 3.09. The van der Waals surface area contributed by atoms with Gasteiger partial charge in [0.1, 0.15) is 5.75 Å². The molecule has 0 spiro atoms. The minimum absolute atomic E-state index is 0.862. The summed E-state index contributed by atoms with van der Waals surface area (Å²) in [5.74, 6) is 0.899. The van der Waals surface area contributed by atoms with Crippen molar-refractivity contribution in [1.82, 2.24) is 9.88 Å². The van der Waals surface area contributed by atoms with Gasteiger partial charge in [-0.2, -0.15) is 0 Å². The zero-order valence-corrected chi connectivity index (χ0v) is 15.6. The second-order valence-corrected chi connectivity index (χ2v) is 6.53. The molecule has 3 heteroatoms. The van der Waals surface area contributed by atoms with Gasteiger partial charge < -0.3 is 4.74 Å². The van der Waals surface area contributed by atoms with E-state index in [1.54, 1.807) is 7.11 Å². The van der Waals surface area contributed by atoms with Crippen molar-refractivity contribution in [3.05, 3.63) is 95.3 Å². The molecule has 0 amide bonds. The zero-order valence-electron chi connectivity index (χ0n) is 15.6. The Morgan fingerprint density at radius 2 is 1.50 bits per heavy atom. The summed E-state index contributed by atoms with van der Waals surface area (Å²) in [5.41, 5.74) is 5.17. The third kappa shape index (κ3) is 5.17. The lowest BCUT2D eigenvalue weighted by Crippen LogP contribution is -2.22. The van der Waals surface area contributed by atoms with Crippen LogP contribution in [-0.2, 0) is 26.1 Å². The number of aryl methyl sites for hydroxylation is 1. The quantitative estimate of drug-likeness (QED) is 0.583. The van der Waals surface area contributed by atoms with Crippen molar-refractivity contribution < 1.29 is 4.74 Å². The Kier molecular flexibility index (Phi) is 6.39. The minimum Gasteiger partial charge on any atom is -0.497 e. The summed E-state index contributed by atoms with van der Waals surface area (Å²) in [6.45, 7) is 4.81. The third-order valence-corrected chi connectivity index (χ3v) is 4.51. The standard InChI is InChI=1S/C23H26N2O/c1-3-19-9-11-20(12-10-19)16-25(18-22-7-5-13-24-15-22)17-21-6-4-8-23(14-21)26-2/h4-15H,3,16-18H2,1-2H3. The van der Waals surface area contributed by atoms with E-state index in [2.05, 4.69) is 59.3 Å². The van der Waals surface area contributed by atoms with Crippen LogP contribution in [0.5, 0.6) is 5.75 Å².